The lowest BCUT2D eigenvalue weighted by molar-refractivity contribution is 0.139. The highest BCUT2D eigenvalue weighted by Gasteiger charge is 2.22. The molecule has 0 bridgehead atoms. The van der Waals surface area contributed by atoms with Crippen molar-refractivity contribution in [2.75, 3.05) is 26.1 Å². The van der Waals surface area contributed by atoms with Crippen molar-refractivity contribution in [3.63, 3.8) is 0 Å². The maximum atomic E-state index is 12.0. The Hall–Kier alpha value is -0.860. The van der Waals surface area contributed by atoms with Gasteiger partial charge in [-0.2, -0.15) is 0 Å². The monoisotopic (exact) mass is 294 g/mol. The molecule has 1 aromatic rings. The summed E-state index contributed by atoms with van der Waals surface area (Å²) in [6, 6.07) is 3.41. The zero-order chi connectivity index (χ0) is 13.8. The average molecular weight is 295 g/mol. The number of benzene rings is 1. The Kier molecular flexibility index (Phi) is 5.36. The highest BCUT2D eigenvalue weighted by Crippen LogP contribution is 2.22. The number of hydrogen-bond acceptors (Lipinski definition) is 5. The predicted octanol–water partition coefficient (Wildman–Crippen LogP) is 0.208. The number of anilines is 1. The van der Waals surface area contributed by atoms with E-state index < -0.39 is 16.1 Å². The topological polar surface area (TPSA) is 102 Å². The molecule has 0 aromatic heterocycles. The normalized spacial score (nSPS) is 13.5. The summed E-state index contributed by atoms with van der Waals surface area (Å²) in [7, 11) is -2.44. The van der Waals surface area contributed by atoms with Crippen LogP contribution in [0.2, 0.25) is 5.02 Å². The molecular weight excluding hydrogens is 280 g/mol. The fraction of sp³-hybridized carbons (Fsp3) is 0.400. The molecule has 102 valence electrons. The van der Waals surface area contributed by atoms with E-state index in [9.17, 15) is 8.42 Å². The van der Waals surface area contributed by atoms with Crippen LogP contribution in [0.4, 0.5) is 5.69 Å². The van der Waals surface area contributed by atoms with Gasteiger partial charge >= 0.3 is 0 Å². The van der Waals surface area contributed by atoms with Gasteiger partial charge in [0.1, 0.15) is 4.90 Å². The summed E-state index contributed by atoms with van der Waals surface area (Å²) < 4.78 is 31.1. The molecule has 0 fully saturated rings. The van der Waals surface area contributed by atoms with Crippen molar-refractivity contribution in [2.45, 2.75) is 10.9 Å². The molecule has 0 amide bonds. The van der Waals surface area contributed by atoms with Gasteiger partial charge in [0.05, 0.1) is 24.9 Å². The van der Waals surface area contributed by atoms with Crippen molar-refractivity contribution in [3.05, 3.63) is 23.2 Å². The van der Waals surface area contributed by atoms with E-state index in [2.05, 4.69) is 4.72 Å². The molecule has 0 saturated carbocycles. The minimum absolute atomic E-state index is 0.0518. The summed E-state index contributed by atoms with van der Waals surface area (Å²) in [6.07, 6.45) is 0. The van der Waals surface area contributed by atoms with E-state index in [0.29, 0.717) is 0 Å². The number of nitrogens with two attached hydrogens (primary N) is 1. The average Bonchev–Trinajstić information content (AvgIpc) is 2.31. The lowest BCUT2D eigenvalue weighted by Crippen LogP contribution is -2.40. The molecule has 0 heterocycles. The molecule has 0 aliphatic heterocycles. The molecule has 4 N–H and O–H groups in total. The summed E-state index contributed by atoms with van der Waals surface area (Å²) in [4.78, 5) is -0.121. The molecule has 0 saturated heterocycles. The van der Waals surface area contributed by atoms with Crippen LogP contribution in [0.15, 0.2) is 23.1 Å². The van der Waals surface area contributed by atoms with Crippen LogP contribution in [0.1, 0.15) is 0 Å². The second kappa shape index (κ2) is 6.35. The summed E-state index contributed by atoms with van der Waals surface area (Å²) in [6.45, 7) is -0.330. The SMILES string of the molecule is COCC(CO)NS(=O)(=O)c1cc(Cl)ccc1N. The number of ether oxygens (including phenoxy) is 1. The van der Waals surface area contributed by atoms with Crippen molar-refractivity contribution in [3.8, 4) is 0 Å². The van der Waals surface area contributed by atoms with Crippen LogP contribution in [0, 0.1) is 0 Å². The number of nitrogen functional groups attached to an aromatic ring is 1. The third-order valence-corrected chi connectivity index (χ3v) is 3.99. The summed E-state index contributed by atoms with van der Waals surface area (Å²) in [5.41, 5.74) is 5.68. The number of aliphatic hydroxyl groups excluding tert-OH is 1. The number of methoxy groups -OCH3 is 1. The third kappa shape index (κ3) is 3.82. The van der Waals surface area contributed by atoms with E-state index in [1.807, 2.05) is 0 Å². The van der Waals surface area contributed by atoms with Crippen LogP contribution < -0.4 is 10.5 Å². The first-order chi connectivity index (χ1) is 8.40. The Morgan fingerprint density at radius 2 is 2.22 bits per heavy atom. The van der Waals surface area contributed by atoms with E-state index in [0.717, 1.165) is 0 Å². The molecule has 6 nitrogen and oxygen atoms in total. The van der Waals surface area contributed by atoms with Gasteiger partial charge in [-0.05, 0) is 18.2 Å². The summed E-state index contributed by atoms with van der Waals surface area (Å²) in [5.74, 6) is 0. The standard InChI is InChI=1S/C10H15ClN2O4S/c1-17-6-8(5-14)13-18(15,16)10-4-7(11)2-3-9(10)12/h2-4,8,13-14H,5-6,12H2,1H3. The molecule has 1 aromatic carbocycles. The minimum atomic E-state index is -3.85. The Bertz CT molecular complexity index is 507. The first kappa shape index (κ1) is 15.2. The zero-order valence-electron chi connectivity index (χ0n) is 9.76. The summed E-state index contributed by atoms with van der Waals surface area (Å²) in [5, 5.41) is 9.29. The molecule has 1 atom stereocenters. The van der Waals surface area contributed by atoms with E-state index in [1.165, 1.54) is 25.3 Å². The molecule has 18 heavy (non-hydrogen) atoms. The van der Waals surface area contributed by atoms with Crippen molar-refractivity contribution >= 4 is 27.3 Å². The quantitative estimate of drug-likeness (QED) is 0.651. The Morgan fingerprint density at radius 1 is 1.56 bits per heavy atom. The number of rotatable bonds is 6. The van der Waals surface area contributed by atoms with E-state index >= 15 is 0 Å². The zero-order valence-corrected chi connectivity index (χ0v) is 11.3. The molecule has 1 rings (SSSR count). The second-order valence-corrected chi connectivity index (χ2v) is 5.76. The van der Waals surface area contributed by atoms with E-state index in [1.54, 1.807) is 0 Å². The van der Waals surface area contributed by atoms with Gasteiger partial charge < -0.3 is 15.6 Å². The Morgan fingerprint density at radius 3 is 2.78 bits per heavy atom. The molecular formula is C10H15ClN2O4S. The van der Waals surface area contributed by atoms with Crippen LogP contribution in [0.25, 0.3) is 0 Å². The lowest BCUT2D eigenvalue weighted by Gasteiger charge is -2.16. The first-order valence-corrected chi connectivity index (χ1v) is 6.94. The van der Waals surface area contributed by atoms with E-state index in [4.69, 9.17) is 27.2 Å². The molecule has 8 heteroatoms. The first-order valence-electron chi connectivity index (χ1n) is 5.08. The van der Waals surface area contributed by atoms with Crippen LogP contribution >= 0.6 is 11.6 Å². The van der Waals surface area contributed by atoms with Crippen LogP contribution in [0.5, 0.6) is 0 Å². The molecule has 0 spiro atoms. The number of hydrogen-bond donors (Lipinski definition) is 3. The van der Waals surface area contributed by atoms with Crippen molar-refractivity contribution in [1.29, 1.82) is 0 Å². The van der Waals surface area contributed by atoms with Gasteiger partial charge in [0.2, 0.25) is 10.0 Å². The largest absolute Gasteiger partial charge is 0.398 e. The Labute approximate surface area is 111 Å². The van der Waals surface area contributed by atoms with Crippen molar-refractivity contribution in [2.24, 2.45) is 0 Å². The van der Waals surface area contributed by atoms with Crippen molar-refractivity contribution < 1.29 is 18.3 Å². The highest BCUT2D eigenvalue weighted by atomic mass is 35.5. The molecule has 0 aliphatic carbocycles. The van der Waals surface area contributed by atoms with Gasteiger partial charge in [-0.3, -0.25) is 0 Å². The maximum Gasteiger partial charge on any atom is 0.243 e. The predicted molar refractivity (Wildman–Crippen MR) is 68.9 cm³/mol. The van der Waals surface area contributed by atoms with Gasteiger partial charge in [-0.1, -0.05) is 11.6 Å². The van der Waals surface area contributed by atoms with Gasteiger partial charge in [0.15, 0.2) is 0 Å². The number of aliphatic hydroxyl groups is 1. The molecule has 0 radical (unpaired) electrons. The second-order valence-electron chi connectivity index (χ2n) is 3.64. The van der Waals surface area contributed by atoms with Gasteiger partial charge in [0.25, 0.3) is 0 Å². The Balaban J connectivity index is 3.02. The fourth-order valence-electron chi connectivity index (χ4n) is 1.35. The van der Waals surface area contributed by atoms with Crippen LogP contribution in [0.3, 0.4) is 0 Å². The maximum absolute atomic E-state index is 12.0. The highest BCUT2D eigenvalue weighted by molar-refractivity contribution is 7.89. The van der Waals surface area contributed by atoms with Gasteiger partial charge in [-0.25, -0.2) is 13.1 Å². The van der Waals surface area contributed by atoms with Gasteiger partial charge in [0, 0.05) is 12.1 Å². The van der Waals surface area contributed by atoms with Crippen LogP contribution in [-0.4, -0.2) is 39.9 Å². The van der Waals surface area contributed by atoms with Crippen LogP contribution in [-0.2, 0) is 14.8 Å². The smallest absolute Gasteiger partial charge is 0.243 e. The number of halogens is 1. The van der Waals surface area contributed by atoms with Crippen molar-refractivity contribution in [1.82, 2.24) is 4.72 Å². The van der Waals surface area contributed by atoms with E-state index in [-0.39, 0.29) is 28.8 Å². The summed E-state index contributed by atoms with van der Waals surface area (Å²) >= 11 is 5.73. The van der Waals surface area contributed by atoms with Gasteiger partial charge in [-0.15, -0.1) is 0 Å². The number of nitrogens with one attached hydrogen (secondary N) is 1. The molecule has 1 unspecified atom stereocenters. The molecule has 0 aliphatic rings. The fourth-order valence-corrected chi connectivity index (χ4v) is 2.95. The third-order valence-electron chi connectivity index (χ3n) is 2.18. The number of sulfonamides is 1. The minimum Gasteiger partial charge on any atom is -0.398 e. The lowest BCUT2D eigenvalue weighted by atomic mass is 10.3.